The molecule has 2 N–H and O–H groups in total. The Labute approximate surface area is 183 Å². The third-order valence-corrected chi connectivity index (χ3v) is 5.81. The topological polar surface area (TPSA) is 75.6 Å². The summed E-state index contributed by atoms with van der Waals surface area (Å²) in [5, 5.41) is 11.7. The molecule has 0 heterocycles. The molecule has 0 saturated carbocycles. The van der Waals surface area contributed by atoms with E-state index in [0.29, 0.717) is 0 Å². The average molecular weight is 440 g/mol. The van der Waals surface area contributed by atoms with Crippen LogP contribution in [0.3, 0.4) is 0 Å². The molecule has 5 nitrogen and oxygen atoms in total. The number of nitrogens with one attached hydrogen (secondary N) is 1. The Bertz CT molecular complexity index is 1100. The maximum absolute atomic E-state index is 13.6. The number of rotatable bonds is 6. The summed E-state index contributed by atoms with van der Waals surface area (Å²) in [5.74, 6) is -2.06. The number of carboxylic acids is 1. The van der Waals surface area contributed by atoms with Crippen molar-refractivity contribution < 1.29 is 23.8 Å². The molecule has 1 aliphatic carbocycles. The number of halogens is 2. The molecule has 1 atom stereocenters. The fourth-order valence-electron chi connectivity index (χ4n) is 3.91. The Balaban J connectivity index is 1.45. The molecule has 0 radical (unpaired) electrons. The quantitative estimate of drug-likeness (QED) is 0.566. The molecule has 1 unspecified atom stereocenters. The molecule has 0 aromatic heterocycles. The highest BCUT2D eigenvalue weighted by Gasteiger charge is 2.30. The maximum atomic E-state index is 13.6. The largest absolute Gasteiger partial charge is 0.480 e. The first kappa shape index (κ1) is 20.9. The van der Waals surface area contributed by atoms with Crippen molar-refractivity contribution in [3.8, 4) is 11.1 Å². The molecule has 0 bridgehead atoms. The Morgan fingerprint density at radius 1 is 1.00 bits per heavy atom. The van der Waals surface area contributed by atoms with E-state index >= 15 is 0 Å². The van der Waals surface area contributed by atoms with Crippen LogP contribution in [0, 0.1) is 5.82 Å². The van der Waals surface area contributed by atoms with Gasteiger partial charge >= 0.3 is 12.1 Å². The normalized spacial score (nSPS) is 13.2. The smallest absolute Gasteiger partial charge is 0.407 e. The molecular formula is C24H19ClFNO4. The molecule has 0 aliphatic heterocycles. The number of alkyl carbamates (subject to hydrolysis) is 1. The number of hydrogen-bond donors (Lipinski definition) is 2. The van der Waals surface area contributed by atoms with Crippen LogP contribution in [0.15, 0.2) is 66.7 Å². The second kappa shape index (κ2) is 8.78. The highest BCUT2D eigenvalue weighted by Crippen LogP contribution is 2.44. The number of carboxylic acid groups (broad SMARTS) is 1. The van der Waals surface area contributed by atoms with Crippen molar-refractivity contribution in [1.29, 1.82) is 0 Å². The average Bonchev–Trinajstić information content (AvgIpc) is 3.08. The van der Waals surface area contributed by atoms with Crippen LogP contribution in [0.2, 0.25) is 5.02 Å². The molecule has 0 saturated heterocycles. The number of aliphatic carboxylic acids is 1. The third-order valence-electron chi connectivity index (χ3n) is 5.39. The molecule has 0 spiro atoms. The Morgan fingerprint density at radius 3 is 2.23 bits per heavy atom. The van der Waals surface area contributed by atoms with Crippen LogP contribution in [0.1, 0.15) is 22.6 Å². The van der Waals surface area contributed by atoms with Crippen LogP contribution >= 0.6 is 11.6 Å². The summed E-state index contributed by atoms with van der Waals surface area (Å²) >= 11 is 5.91. The predicted molar refractivity (Wildman–Crippen MR) is 115 cm³/mol. The number of fused-ring (bicyclic) bond motifs is 3. The molecule has 3 aromatic carbocycles. The van der Waals surface area contributed by atoms with Gasteiger partial charge in [0.05, 0.1) is 5.02 Å². The van der Waals surface area contributed by atoms with Gasteiger partial charge in [-0.1, -0.05) is 72.3 Å². The van der Waals surface area contributed by atoms with Gasteiger partial charge in [0.2, 0.25) is 0 Å². The monoisotopic (exact) mass is 439 g/mol. The van der Waals surface area contributed by atoms with Gasteiger partial charge in [0.1, 0.15) is 18.5 Å². The van der Waals surface area contributed by atoms with Crippen LogP contribution in [0.4, 0.5) is 9.18 Å². The Morgan fingerprint density at radius 2 is 1.61 bits per heavy atom. The van der Waals surface area contributed by atoms with Gasteiger partial charge in [-0.15, -0.1) is 0 Å². The standard InChI is InChI=1S/C24H19ClFNO4/c25-22-14(6-5-11-20(22)26)12-21(23(28)29)27-24(30)31-13-19-17-9-3-1-7-15(17)16-8-2-4-10-18(16)19/h1-11,19,21H,12-13H2,(H,27,30)(H,28,29). The van der Waals surface area contributed by atoms with Crippen LogP contribution in [-0.4, -0.2) is 29.8 Å². The lowest BCUT2D eigenvalue weighted by molar-refractivity contribution is -0.139. The van der Waals surface area contributed by atoms with E-state index in [1.54, 1.807) is 0 Å². The molecule has 1 aliphatic rings. The minimum atomic E-state index is -1.31. The second-order valence-corrected chi connectivity index (χ2v) is 7.66. The number of ether oxygens (including phenoxy) is 1. The van der Waals surface area contributed by atoms with E-state index in [0.717, 1.165) is 22.3 Å². The van der Waals surface area contributed by atoms with Crippen molar-refractivity contribution in [3.05, 3.63) is 94.3 Å². The number of benzene rings is 3. The van der Waals surface area contributed by atoms with Crippen LogP contribution in [0.25, 0.3) is 11.1 Å². The summed E-state index contributed by atoms with van der Waals surface area (Å²) < 4.78 is 19.0. The summed E-state index contributed by atoms with van der Waals surface area (Å²) in [6, 6.07) is 18.6. The first-order valence-corrected chi connectivity index (χ1v) is 10.1. The zero-order valence-electron chi connectivity index (χ0n) is 16.3. The zero-order chi connectivity index (χ0) is 22.0. The van der Waals surface area contributed by atoms with Crippen molar-refractivity contribution in [3.63, 3.8) is 0 Å². The highest BCUT2D eigenvalue weighted by molar-refractivity contribution is 6.31. The van der Waals surface area contributed by atoms with Gasteiger partial charge in [-0.2, -0.15) is 0 Å². The van der Waals surface area contributed by atoms with E-state index in [2.05, 4.69) is 5.32 Å². The molecular weight excluding hydrogens is 421 g/mol. The molecule has 7 heteroatoms. The molecule has 1 amide bonds. The summed E-state index contributed by atoms with van der Waals surface area (Å²) in [6.45, 7) is 0.0624. The van der Waals surface area contributed by atoms with Crippen molar-refractivity contribution in [2.24, 2.45) is 0 Å². The van der Waals surface area contributed by atoms with Crippen LogP contribution in [0.5, 0.6) is 0 Å². The van der Waals surface area contributed by atoms with Gasteiger partial charge in [0, 0.05) is 12.3 Å². The van der Waals surface area contributed by atoms with E-state index in [9.17, 15) is 19.1 Å². The van der Waals surface area contributed by atoms with E-state index in [1.807, 2.05) is 48.5 Å². The summed E-state index contributed by atoms with van der Waals surface area (Å²) in [6.07, 6.45) is -1.03. The molecule has 31 heavy (non-hydrogen) atoms. The van der Waals surface area contributed by atoms with E-state index in [4.69, 9.17) is 16.3 Å². The van der Waals surface area contributed by atoms with Gasteiger partial charge in [0.15, 0.2) is 0 Å². The van der Waals surface area contributed by atoms with Gasteiger partial charge in [-0.25, -0.2) is 14.0 Å². The van der Waals surface area contributed by atoms with Crippen LogP contribution < -0.4 is 5.32 Å². The lowest BCUT2D eigenvalue weighted by Crippen LogP contribution is -2.43. The van der Waals surface area contributed by atoms with Gasteiger partial charge in [0.25, 0.3) is 0 Å². The second-order valence-electron chi connectivity index (χ2n) is 7.28. The number of carbonyl (C=O) groups is 2. The van der Waals surface area contributed by atoms with Crippen molar-refractivity contribution in [1.82, 2.24) is 5.32 Å². The molecule has 4 rings (SSSR count). The number of amides is 1. The van der Waals surface area contributed by atoms with E-state index < -0.39 is 23.9 Å². The van der Waals surface area contributed by atoms with E-state index in [-0.39, 0.29) is 29.5 Å². The predicted octanol–water partition coefficient (Wildman–Crippen LogP) is 5.01. The summed E-state index contributed by atoms with van der Waals surface area (Å²) in [5.41, 5.74) is 4.58. The van der Waals surface area contributed by atoms with Crippen molar-refractivity contribution in [2.45, 2.75) is 18.4 Å². The van der Waals surface area contributed by atoms with Crippen molar-refractivity contribution >= 4 is 23.7 Å². The zero-order valence-corrected chi connectivity index (χ0v) is 17.1. The molecule has 3 aromatic rings. The van der Waals surface area contributed by atoms with Gasteiger partial charge in [-0.05, 0) is 33.9 Å². The minimum Gasteiger partial charge on any atom is -0.480 e. The van der Waals surface area contributed by atoms with Gasteiger partial charge < -0.3 is 15.2 Å². The lowest BCUT2D eigenvalue weighted by Gasteiger charge is -2.18. The minimum absolute atomic E-state index is 0.0624. The van der Waals surface area contributed by atoms with E-state index in [1.165, 1.54) is 18.2 Å². The Kier molecular flexibility index (Phi) is 5.91. The van der Waals surface area contributed by atoms with Crippen molar-refractivity contribution in [2.75, 3.05) is 6.61 Å². The molecule has 158 valence electrons. The van der Waals surface area contributed by atoms with Gasteiger partial charge in [-0.3, -0.25) is 0 Å². The fraction of sp³-hybridized carbons (Fsp3) is 0.167. The summed E-state index contributed by atoms with van der Waals surface area (Å²) in [4.78, 5) is 24.0. The fourth-order valence-corrected chi connectivity index (χ4v) is 4.11. The molecule has 0 fully saturated rings. The maximum Gasteiger partial charge on any atom is 0.407 e. The van der Waals surface area contributed by atoms with Crippen LogP contribution in [-0.2, 0) is 16.0 Å². The first-order valence-electron chi connectivity index (χ1n) is 9.73. The number of hydrogen-bond acceptors (Lipinski definition) is 3. The lowest BCUT2D eigenvalue weighted by atomic mass is 9.98. The highest BCUT2D eigenvalue weighted by atomic mass is 35.5. The Hall–Kier alpha value is -3.38. The third kappa shape index (κ3) is 4.25. The first-order chi connectivity index (χ1) is 15.0. The number of carbonyl (C=O) groups excluding carboxylic acids is 1. The SMILES string of the molecule is O=C(NC(Cc1cccc(F)c1Cl)C(=O)O)OCC1c2ccccc2-c2ccccc21. The summed E-state index contributed by atoms with van der Waals surface area (Å²) in [7, 11) is 0.